The SMILES string of the molecule is CN(C)C1CCN(c2cc[c]c(C(N)=O)n2)C1. The summed E-state index contributed by atoms with van der Waals surface area (Å²) >= 11 is 0. The second kappa shape index (κ2) is 4.71. The highest BCUT2D eigenvalue weighted by atomic mass is 16.1. The molecule has 2 N–H and O–H groups in total. The van der Waals surface area contributed by atoms with Crippen LogP contribution in [0.2, 0.25) is 0 Å². The molecule has 17 heavy (non-hydrogen) atoms. The molecular formula is C12H17N4O. The zero-order valence-electron chi connectivity index (χ0n) is 10.2. The van der Waals surface area contributed by atoms with Crippen molar-refractivity contribution < 1.29 is 4.79 Å². The first-order valence-electron chi connectivity index (χ1n) is 5.68. The molecule has 0 spiro atoms. The van der Waals surface area contributed by atoms with E-state index in [1.165, 1.54) is 0 Å². The molecule has 0 bridgehead atoms. The van der Waals surface area contributed by atoms with Gasteiger partial charge in [0, 0.05) is 25.2 Å². The fourth-order valence-electron chi connectivity index (χ4n) is 2.05. The molecule has 5 nitrogen and oxygen atoms in total. The number of carbonyl (C=O) groups is 1. The van der Waals surface area contributed by atoms with Gasteiger partial charge in [0.15, 0.2) is 0 Å². The Morgan fingerprint density at radius 3 is 3.00 bits per heavy atom. The molecule has 1 unspecified atom stereocenters. The van der Waals surface area contributed by atoms with Crippen LogP contribution in [0.3, 0.4) is 0 Å². The van der Waals surface area contributed by atoms with E-state index in [1.807, 2.05) is 6.07 Å². The first-order chi connectivity index (χ1) is 8.08. The molecule has 1 aliphatic heterocycles. The van der Waals surface area contributed by atoms with Crippen molar-refractivity contribution in [2.45, 2.75) is 12.5 Å². The Kier molecular flexibility index (Phi) is 3.28. The zero-order chi connectivity index (χ0) is 12.4. The highest BCUT2D eigenvalue weighted by Gasteiger charge is 2.25. The molecule has 0 aliphatic carbocycles. The van der Waals surface area contributed by atoms with Crippen LogP contribution in [0.25, 0.3) is 0 Å². The average Bonchev–Trinajstić information content (AvgIpc) is 2.78. The molecule has 0 aromatic carbocycles. The van der Waals surface area contributed by atoms with Crippen molar-refractivity contribution in [3.8, 4) is 0 Å². The van der Waals surface area contributed by atoms with Gasteiger partial charge in [-0.3, -0.25) is 4.79 Å². The van der Waals surface area contributed by atoms with Crippen LogP contribution in [0, 0.1) is 6.07 Å². The molecule has 1 fully saturated rings. The Hall–Kier alpha value is -1.62. The van der Waals surface area contributed by atoms with Gasteiger partial charge in [-0.05, 0) is 32.6 Å². The lowest BCUT2D eigenvalue weighted by Crippen LogP contribution is -2.31. The molecule has 1 saturated heterocycles. The lowest BCUT2D eigenvalue weighted by atomic mass is 10.2. The monoisotopic (exact) mass is 233 g/mol. The number of nitrogens with zero attached hydrogens (tertiary/aromatic N) is 3. The van der Waals surface area contributed by atoms with E-state index < -0.39 is 5.91 Å². The second-order valence-electron chi connectivity index (χ2n) is 4.51. The number of hydrogen-bond donors (Lipinski definition) is 1. The van der Waals surface area contributed by atoms with Crippen LogP contribution in [0.4, 0.5) is 5.82 Å². The van der Waals surface area contributed by atoms with E-state index in [1.54, 1.807) is 6.07 Å². The molecule has 0 saturated carbocycles. The minimum Gasteiger partial charge on any atom is -0.364 e. The summed E-state index contributed by atoms with van der Waals surface area (Å²) in [6, 6.07) is 6.85. The maximum absolute atomic E-state index is 11.0. The molecule has 5 heteroatoms. The van der Waals surface area contributed by atoms with Crippen LogP contribution in [-0.2, 0) is 0 Å². The Labute approximate surface area is 101 Å². The lowest BCUT2D eigenvalue weighted by Gasteiger charge is -2.21. The largest absolute Gasteiger partial charge is 0.364 e. The van der Waals surface area contributed by atoms with Crippen molar-refractivity contribution in [3.05, 3.63) is 23.9 Å². The van der Waals surface area contributed by atoms with Crippen LogP contribution < -0.4 is 10.6 Å². The molecule has 1 atom stereocenters. The predicted molar refractivity (Wildman–Crippen MR) is 65.9 cm³/mol. The number of aromatic nitrogens is 1. The minimum atomic E-state index is -0.532. The smallest absolute Gasteiger partial charge is 0.268 e. The minimum absolute atomic E-state index is 0.204. The Bertz CT molecular complexity index is 419. The summed E-state index contributed by atoms with van der Waals surface area (Å²) in [6.45, 7) is 1.89. The predicted octanol–water partition coefficient (Wildman–Crippen LogP) is 0.121. The normalized spacial score (nSPS) is 19.9. The molecule has 2 heterocycles. The molecule has 1 radical (unpaired) electrons. The molecule has 1 aromatic heterocycles. The summed E-state index contributed by atoms with van der Waals surface area (Å²) in [5, 5.41) is 0. The maximum atomic E-state index is 11.0. The van der Waals surface area contributed by atoms with Crippen molar-refractivity contribution in [2.24, 2.45) is 5.73 Å². The van der Waals surface area contributed by atoms with Gasteiger partial charge >= 0.3 is 0 Å². The highest BCUT2D eigenvalue weighted by molar-refractivity contribution is 5.90. The second-order valence-corrected chi connectivity index (χ2v) is 4.51. The fourth-order valence-corrected chi connectivity index (χ4v) is 2.05. The molecule has 1 aliphatic rings. The molecule has 1 aromatic rings. The number of primary amides is 1. The van der Waals surface area contributed by atoms with Gasteiger partial charge in [0.2, 0.25) is 0 Å². The first-order valence-corrected chi connectivity index (χ1v) is 5.68. The van der Waals surface area contributed by atoms with Crippen molar-refractivity contribution in [3.63, 3.8) is 0 Å². The average molecular weight is 233 g/mol. The summed E-state index contributed by atoms with van der Waals surface area (Å²) in [4.78, 5) is 19.7. The van der Waals surface area contributed by atoms with Crippen LogP contribution in [-0.4, -0.2) is 49.0 Å². The Balaban J connectivity index is 2.13. The quantitative estimate of drug-likeness (QED) is 0.805. The van der Waals surface area contributed by atoms with Crippen LogP contribution >= 0.6 is 0 Å². The number of pyridine rings is 1. The van der Waals surface area contributed by atoms with Crippen molar-refractivity contribution in [1.29, 1.82) is 0 Å². The third kappa shape index (κ3) is 2.55. The summed E-state index contributed by atoms with van der Waals surface area (Å²) < 4.78 is 0. The van der Waals surface area contributed by atoms with Gasteiger partial charge in [-0.2, -0.15) is 0 Å². The van der Waals surface area contributed by atoms with Gasteiger partial charge in [0.25, 0.3) is 5.91 Å². The van der Waals surface area contributed by atoms with Gasteiger partial charge in [-0.25, -0.2) is 4.98 Å². The summed E-state index contributed by atoms with van der Waals surface area (Å²) in [6.07, 6.45) is 1.11. The number of hydrogen-bond acceptors (Lipinski definition) is 4. The van der Waals surface area contributed by atoms with Gasteiger partial charge in [-0.15, -0.1) is 0 Å². The number of nitrogens with two attached hydrogens (primary N) is 1. The van der Waals surface area contributed by atoms with Gasteiger partial charge in [0.05, 0.1) is 0 Å². The number of likely N-dealkylation sites (N-methyl/N-ethyl adjacent to an activating group) is 1. The van der Waals surface area contributed by atoms with E-state index in [0.29, 0.717) is 6.04 Å². The molecule has 2 rings (SSSR count). The molecule has 91 valence electrons. The number of rotatable bonds is 3. The van der Waals surface area contributed by atoms with E-state index in [-0.39, 0.29) is 5.69 Å². The number of amides is 1. The van der Waals surface area contributed by atoms with Crippen LogP contribution in [0.5, 0.6) is 0 Å². The molecular weight excluding hydrogens is 216 g/mol. The maximum Gasteiger partial charge on any atom is 0.268 e. The van der Waals surface area contributed by atoms with E-state index in [0.717, 1.165) is 25.3 Å². The summed E-state index contributed by atoms with van der Waals surface area (Å²) in [5.74, 6) is 0.275. The summed E-state index contributed by atoms with van der Waals surface area (Å²) in [7, 11) is 4.16. The van der Waals surface area contributed by atoms with Gasteiger partial charge in [-0.1, -0.05) is 0 Å². The van der Waals surface area contributed by atoms with Gasteiger partial charge < -0.3 is 15.5 Å². The number of carbonyl (C=O) groups excluding carboxylic acids is 1. The highest BCUT2D eigenvalue weighted by Crippen LogP contribution is 2.20. The first kappa shape index (κ1) is 11.9. The van der Waals surface area contributed by atoms with E-state index in [4.69, 9.17) is 5.73 Å². The third-order valence-corrected chi connectivity index (χ3v) is 3.13. The fraction of sp³-hybridized carbons (Fsp3) is 0.500. The van der Waals surface area contributed by atoms with E-state index in [2.05, 4.69) is 34.9 Å². The molecule has 1 amide bonds. The standard InChI is InChI=1S/C12H17N4O/c1-15(2)9-6-7-16(8-9)11-5-3-4-10(14-11)12(13)17/h3,5,9H,6-8H2,1-2H3,(H2,13,17). The number of anilines is 1. The zero-order valence-corrected chi connectivity index (χ0v) is 10.2. The lowest BCUT2D eigenvalue weighted by molar-refractivity contribution is 0.0995. The Morgan fingerprint density at radius 1 is 1.65 bits per heavy atom. The van der Waals surface area contributed by atoms with Gasteiger partial charge in [0.1, 0.15) is 11.5 Å². The Morgan fingerprint density at radius 2 is 2.41 bits per heavy atom. The van der Waals surface area contributed by atoms with Crippen LogP contribution in [0.15, 0.2) is 12.1 Å². The summed E-state index contributed by atoms with van der Waals surface area (Å²) in [5.41, 5.74) is 5.40. The van der Waals surface area contributed by atoms with Crippen molar-refractivity contribution in [2.75, 3.05) is 32.1 Å². The van der Waals surface area contributed by atoms with Crippen molar-refractivity contribution >= 4 is 11.7 Å². The van der Waals surface area contributed by atoms with Crippen molar-refractivity contribution in [1.82, 2.24) is 9.88 Å². The van der Waals surface area contributed by atoms with Crippen LogP contribution in [0.1, 0.15) is 16.9 Å². The third-order valence-electron chi connectivity index (χ3n) is 3.13. The topological polar surface area (TPSA) is 62.5 Å². The van der Waals surface area contributed by atoms with E-state index in [9.17, 15) is 4.79 Å². The van der Waals surface area contributed by atoms with E-state index >= 15 is 0 Å².